The molecule has 5 heterocycles. The van der Waals surface area contributed by atoms with Crippen LogP contribution < -0.4 is 14.5 Å². The number of ether oxygens (including phenoxy) is 3. The second kappa shape index (κ2) is 11.1. The highest BCUT2D eigenvalue weighted by Gasteiger charge is 2.47. The van der Waals surface area contributed by atoms with E-state index in [2.05, 4.69) is 34.1 Å². The van der Waals surface area contributed by atoms with Crippen molar-refractivity contribution in [2.24, 2.45) is 7.05 Å². The first kappa shape index (κ1) is 28.3. The highest BCUT2D eigenvalue weighted by Crippen LogP contribution is 2.43. The van der Waals surface area contributed by atoms with Gasteiger partial charge in [-0.25, -0.2) is 4.79 Å². The number of methoxy groups -OCH3 is 1. The van der Waals surface area contributed by atoms with Gasteiger partial charge >= 0.3 is 6.09 Å². The van der Waals surface area contributed by atoms with E-state index in [1.165, 1.54) is 0 Å². The molecule has 0 N–H and O–H groups in total. The van der Waals surface area contributed by atoms with Gasteiger partial charge in [0.25, 0.3) is 0 Å². The van der Waals surface area contributed by atoms with Crippen LogP contribution in [0.4, 0.5) is 16.3 Å². The Morgan fingerprint density at radius 1 is 1.00 bits per heavy atom. The molecule has 0 saturated carbocycles. The van der Waals surface area contributed by atoms with Crippen LogP contribution in [0, 0.1) is 0 Å². The molecule has 0 aliphatic carbocycles. The minimum Gasteiger partial charge on any atom is -0.467 e. The summed E-state index contributed by atoms with van der Waals surface area (Å²) in [4.78, 5) is 19.7. The average Bonchev–Trinajstić information content (AvgIpc) is 3.51. The fraction of sp³-hybridized carbons (Fsp3) is 0.548. The van der Waals surface area contributed by atoms with Gasteiger partial charge in [-0.3, -0.25) is 4.68 Å². The Morgan fingerprint density at radius 2 is 1.76 bits per heavy atom. The van der Waals surface area contributed by atoms with Gasteiger partial charge in [0.05, 0.1) is 17.6 Å². The van der Waals surface area contributed by atoms with Crippen molar-refractivity contribution in [2.45, 2.75) is 70.2 Å². The molecule has 1 aromatic carbocycles. The van der Waals surface area contributed by atoms with Crippen LogP contribution in [0.3, 0.4) is 0 Å². The molecule has 3 atom stereocenters. The zero-order valence-electron chi connectivity index (χ0n) is 25.4. The van der Waals surface area contributed by atoms with Gasteiger partial charge in [0.1, 0.15) is 11.4 Å². The van der Waals surface area contributed by atoms with Crippen molar-refractivity contribution in [3.8, 4) is 28.1 Å². The van der Waals surface area contributed by atoms with Crippen LogP contribution in [0.1, 0.15) is 46.5 Å². The maximum absolute atomic E-state index is 13.0. The van der Waals surface area contributed by atoms with Crippen LogP contribution in [0.5, 0.6) is 5.75 Å². The van der Waals surface area contributed by atoms with Crippen LogP contribution in [-0.2, 0) is 16.5 Å². The minimum atomic E-state index is -0.495. The van der Waals surface area contributed by atoms with Crippen LogP contribution in [0.25, 0.3) is 22.4 Å². The van der Waals surface area contributed by atoms with Crippen LogP contribution in [0.2, 0.25) is 0 Å². The molecular weight excluding hydrogens is 534 g/mol. The second-order valence-electron chi connectivity index (χ2n) is 12.6. The van der Waals surface area contributed by atoms with Crippen molar-refractivity contribution in [3.05, 3.63) is 36.7 Å². The van der Waals surface area contributed by atoms with Crippen molar-refractivity contribution in [3.63, 3.8) is 0 Å². The number of carbonyl (C=O) groups is 1. The predicted molar refractivity (Wildman–Crippen MR) is 161 cm³/mol. The number of benzene rings is 1. The molecule has 3 aromatic rings. The van der Waals surface area contributed by atoms with E-state index in [-0.39, 0.29) is 25.0 Å². The van der Waals surface area contributed by atoms with Gasteiger partial charge in [0.15, 0.2) is 12.6 Å². The number of amides is 1. The maximum atomic E-state index is 13.0. The molecule has 11 heteroatoms. The Bertz CT molecular complexity index is 1440. The summed E-state index contributed by atoms with van der Waals surface area (Å²) in [5.74, 6) is 1.57. The predicted octanol–water partition coefficient (Wildman–Crippen LogP) is 4.71. The summed E-state index contributed by atoms with van der Waals surface area (Å²) < 4.78 is 18.8. The van der Waals surface area contributed by atoms with Crippen molar-refractivity contribution in [2.75, 3.05) is 43.8 Å². The van der Waals surface area contributed by atoms with E-state index in [0.29, 0.717) is 11.8 Å². The normalized spacial score (nSPS) is 21.9. The number of hydrogen-bond acceptors (Lipinski definition) is 9. The monoisotopic (exact) mass is 575 g/mol. The Hall–Kier alpha value is -3.86. The second-order valence-corrected chi connectivity index (χ2v) is 12.6. The van der Waals surface area contributed by atoms with Gasteiger partial charge in [-0.15, -0.1) is 10.2 Å². The van der Waals surface area contributed by atoms with Gasteiger partial charge in [0.2, 0.25) is 0 Å². The zero-order valence-corrected chi connectivity index (χ0v) is 25.4. The number of piperidine rings is 1. The highest BCUT2D eigenvalue weighted by atomic mass is 16.7. The van der Waals surface area contributed by atoms with E-state index in [1.54, 1.807) is 11.8 Å². The summed E-state index contributed by atoms with van der Waals surface area (Å²) in [7, 11) is 5.61. The fourth-order valence-corrected chi connectivity index (χ4v) is 6.57. The molecule has 0 radical (unpaired) electrons. The molecule has 224 valence electrons. The zero-order chi connectivity index (χ0) is 29.6. The topological polar surface area (TPSA) is 98.1 Å². The lowest BCUT2D eigenvalue weighted by Gasteiger charge is -2.46. The lowest BCUT2D eigenvalue weighted by atomic mass is 9.95. The minimum absolute atomic E-state index is 0.125. The molecule has 1 unspecified atom stereocenters. The molecule has 2 saturated heterocycles. The quantitative estimate of drug-likeness (QED) is 0.387. The van der Waals surface area contributed by atoms with Crippen LogP contribution in [-0.4, -0.2) is 88.7 Å². The molecule has 3 aliphatic heterocycles. The molecule has 0 spiro atoms. The number of carbonyl (C=O) groups excluding carboxylic acids is 1. The van der Waals surface area contributed by atoms with Gasteiger partial charge in [-0.1, -0.05) is 6.07 Å². The lowest BCUT2D eigenvalue weighted by Crippen LogP contribution is -2.55. The molecule has 3 aliphatic rings. The van der Waals surface area contributed by atoms with Gasteiger partial charge in [-0.05, 0) is 70.2 Å². The van der Waals surface area contributed by atoms with Gasteiger partial charge < -0.3 is 28.9 Å². The number of fused-ring (bicyclic) bond motifs is 3. The van der Waals surface area contributed by atoms with Crippen molar-refractivity contribution in [1.29, 1.82) is 0 Å². The van der Waals surface area contributed by atoms with E-state index < -0.39 is 5.60 Å². The summed E-state index contributed by atoms with van der Waals surface area (Å²) in [6.45, 7) is 7.66. The molecular formula is C31H41N7O4. The van der Waals surface area contributed by atoms with E-state index in [0.717, 1.165) is 72.7 Å². The molecule has 1 amide bonds. The van der Waals surface area contributed by atoms with E-state index in [9.17, 15) is 4.79 Å². The molecule has 2 aromatic heterocycles. The first-order valence-electron chi connectivity index (χ1n) is 14.7. The van der Waals surface area contributed by atoms with Crippen LogP contribution >= 0.6 is 0 Å². The van der Waals surface area contributed by atoms with Crippen molar-refractivity contribution >= 4 is 17.6 Å². The largest absolute Gasteiger partial charge is 0.467 e. The van der Waals surface area contributed by atoms with Crippen molar-refractivity contribution < 1.29 is 19.0 Å². The van der Waals surface area contributed by atoms with Crippen LogP contribution in [0.15, 0.2) is 36.7 Å². The lowest BCUT2D eigenvalue weighted by molar-refractivity contribution is 0.00580. The van der Waals surface area contributed by atoms with E-state index in [4.69, 9.17) is 24.4 Å². The molecule has 42 heavy (non-hydrogen) atoms. The molecule has 2 bridgehead atoms. The van der Waals surface area contributed by atoms with Gasteiger partial charge in [0, 0.05) is 69.7 Å². The number of anilines is 2. The first-order chi connectivity index (χ1) is 20.1. The van der Waals surface area contributed by atoms with Crippen molar-refractivity contribution in [1.82, 2.24) is 24.9 Å². The number of rotatable bonds is 6. The summed E-state index contributed by atoms with van der Waals surface area (Å²) in [6, 6.07) is 8.86. The van der Waals surface area contributed by atoms with Gasteiger partial charge in [-0.2, -0.15) is 5.10 Å². The molecule has 11 nitrogen and oxygen atoms in total. The van der Waals surface area contributed by atoms with E-state index in [1.807, 2.05) is 57.2 Å². The maximum Gasteiger partial charge on any atom is 0.410 e. The number of aryl methyl sites for hydroxylation is 1. The SMILES string of the molecule is COCOc1cc(-c2cnn(C)c2)ccc1-c1cc2c(nn1)N(C1C[C@H]3CC[C@@H](C1)N3C(=O)OC(C)(C)C)CCN2C. The summed E-state index contributed by atoms with van der Waals surface area (Å²) in [6.07, 6.45) is 7.48. The first-order valence-corrected chi connectivity index (χ1v) is 14.7. The summed E-state index contributed by atoms with van der Waals surface area (Å²) in [5, 5.41) is 13.8. The highest BCUT2D eigenvalue weighted by molar-refractivity contribution is 5.79. The van der Waals surface area contributed by atoms with E-state index >= 15 is 0 Å². The Labute approximate surface area is 247 Å². The number of likely N-dealkylation sites (N-methyl/N-ethyl adjacent to an activating group) is 1. The summed E-state index contributed by atoms with van der Waals surface area (Å²) in [5.41, 5.74) is 4.15. The smallest absolute Gasteiger partial charge is 0.410 e. The third-order valence-electron chi connectivity index (χ3n) is 8.50. The number of nitrogens with zero attached hydrogens (tertiary/aromatic N) is 7. The number of aromatic nitrogens is 4. The Morgan fingerprint density at radius 3 is 2.43 bits per heavy atom. The molecule has 2 fully saturated rings. The Balaban J connectivity index is 1.27. The number of hydrogen-bond donors (Lipinski definition) is 0. The summed E-state index contributed by atoms with van der Waals surface area (Å²) >= 11 is 0. The third-order valence-corrected chi connectivity index (χ3v) is 8.50. The third kappa shape index (κ3) is 5.49. The average molecular weight is 576 g/mol. The fourth-order valence-electron chi connectivity index (χ4n) is 6.57. The Kier molecular flexibility index (Phi) is 7.46. The molecule has 6 rings (SSSR count). The standard InChI is InChI=1S/C31H41N7O4/c1-31(2,3)42-30(39)38-22-8-9-23(38)15-24(14-22)37-12-11-35(4)27-16-26(33-34-29(27)37)25-10-7-20(13-28(25)41-19-40-6)21-17-32-36(5)18-21/h7,10,13,16-18,22-24H,8-9,11-12,14-15,19H2,1-6H3/t22-,23+,24?.